The van der Waals surface area contributed by atoms with Gasteiger partial charge in [-0.05, 0) is 12.7 Å². The minimum absolute atomic E-state index is 0.0122. The first-order chi connectivity index (χ1) is 11.9. The second-order valence-electron chi connectivity index (χ2n) is 6.27. The average Bonchev–Trinajstić information content (AvgIpc) is 3.22. The average molecular weight is 365 g/mol. The van der Waals surface area contributed by atoms with E-state index in [4.69, 9.17) is 15.9 Å². The number of nitrogens with one attached hydrogen (secondary N) is 2. The Labute approximate surface area is 146 Å². The molecule has 25 heavy (non-hydrogen) atoms. The topological polar surface area (TPSA) is 146 Å². The van der Waals surface area contributed by atoms with Crippen molar-refractivity contribution in [3.05, 3.63) is 16.7 Å². The summed E-state index contributed by atoms with van der Waals surface area (Å²) in [6.45, 7) is 2.40. The van der Waals surface area contributed by atoms with Gasteiger partial charge in [-0.25, -0.2) is 4.98 Å². The number of thioether (sulfide) groups is 1. The van der Waals surface area contributed by atoms with Crippen molar-refractivity contribution in [1.82, 2.24) is 24.4 Å². The lowest BCUT2D eigenvalue weighted by molar-refractivity contribution is -0.125. The number of aliphatic hydroxyl groups excluding tert-OH is 1. The first-order valence-electron chi connectivity index (χ1n) is 7.89. The zero-order valence-corrected chi connectivity index (χ0v) is 14.6. The van der Waals surface area contributed by atoms with E-state index in [1.165, 1.54) is 18.1 Å². The highest BCUT2D eigenvalue weighted by atomic mass is 32.2. The van der Waals surface area contributed by atoms with E-state index in [-0.39, 0.29) is 11.5 Å². The molecule has 5 N–H and O–H groups in total. The molecule has 2 saturated heterocycles. The molecule has 2 aliphatic heterocycles. The number of morpholine rings is 1. The normalized spacial score (nSPS) is 31.2. The van der Waals surface area contributed by atoms with E-state index in [1.54, 1.807) is 4.57 Å². The summed E-state index contributed by atoms with van der Waals surface area (Å²) in [6.07, 6.45) is 2.52. The molecular formula is C14H19N7O3S. The molecule has 4 heterocycles. The van der Waals surface area contributed by atoms with Crippen LogP contribution in [0.1, 0.15) is 19.6 Å². The lowest BCUT2D eigenvalue weighted by Crippen LogP contribution is -2.47. The van der Waals surface area contributed by atoms with E-state index in [0.29, 0.717) is 23.8 Å². The number of hydrogen-bond donors (Lipinski definition) is 4. The van der Waals surface area contributed by atoms with Gasteiger partial charge in [-0.15, -0.1) is 0 Å². The van der Waals surface area contributed by atoms with Crippen LogP contribution >= 0.6 is 11.8 Å². The number of imidazole rings is 1. The highest BCUT2D eigenvalue weighted by Gasteiger charge is 2.63. The Hall–Kier alpha value is -2.11. The maximum Gasteiger partial charge on any atom is 0.280 e. The Morgan fingerprint density at radius 3 is 3.08 bits per heavy atom. The van der Waals surface area contributed by atoms with E-state index >= 15 is 0 Å². The van der Waals surface area contributed by atoms with Crippen LogP contribution in [0.5, 0.6) is 0 Å². The summed E-state index contributed by atoms with van der Waals surface area (Å²) in [4.78, 5) is 24.5. The van der Waals surface area contributed by atoms with Crippen molar-refractivity contribution in [3.8, 4) is 0 Å². The number of aliphatic hydroxyl groups is 1. The molecule has 2 aromatic heterocycles. The molecule has 0 spiro atoms. The van der Waals surface area contributed by atoms with Gasteiger partial charge in [0.15, 0.2) is 22.6 Å². The van der Waals surface area contributed by atoms with E-state index in [9.17, 15) is 9.90 Å². The molecule has 2 aromatic rings. The molecule has 0 aliphatic carbocycles. The van der Waals surface area contributed by atoms with Gasteiger partial charge >= 0.3 is 0 Å². The zero-order valence-electron chi connectivity index (χ0n) is 13.8. The minimum Gasteiger partial charge on any atom is -0.388 e. The van der Waals surface area contributed by atoms with Gasteiger partial charge in [0.05, 0.1) is 12.9 Å². The SMILES string of the molecule is CC[C@@]12CN(C(=N)SC)[C@@H]([C@H](n3cnc4c(=O)[nH]c(N)nc43)O1)[C@@H]2O. The van der Waals surface area contributed by atoms with Gasteiger partial charge in [0.25, 0.3) is 5.56 Å². The molecule has 2 bridgehead atoms. The van der Waals surface area contributed by atoms with Gasteiger partial charge < -0.3 is 20.5 Å². The fraction of sp³-hybridized carbons (Fsp3) is 0.571. The third-order valence-electron chi connectivity index (χ3n) is 5.09. The Morgan fingerprint density at radius 1 is 1.68 bits per heavy atom. The maximum absolute atomic E-state index is 12.0. The number of nitrogens with two attached hydrogens (primary N) is 1. The van der Waals surface area contributed by atoms with Gasteiger partial charge in [-0.3, -0.25) is 19.8 Å². The summed E-state index contributed by atoms with van der Waals surface area (Å²) in [5.74, 6) is -0.0122. The number of H-pyrrole nitrogens is 1. The Morgan fingerprint density at radius 2 is 2.44 bits per heavy atom. The Bertz CT molecular complexity index is 911. The van der Waals surface area contributed by atoms with Crippen LogP contribution in [0, 0.1) is 5.41 Å². The Balaban J connectivity index is 1.84. The summed E-state index contributed by atoms with van der Waals surface area (Å²) in [5.41, 5.74) is 4.93. The predicted molar refractivity (Wildman–Crippen MR) is 93.4 cm³/mol. The van der Waals surface area contributed by atoms with Gasteiger partial charge in [-0.1, -0.05) is 18.7 Å². The fourth-order valence-corrected chi connectivity index (χ4v) is 4.20. The van der Waals surface area contributed by atoms with Crippen molar-refractivity contribution in [2.24, 2.45) is 0 Å². The number of nitrogens with zero attached hydrogens (tertiary/aromatic N) is 4. The number of aromatic amines is 1. The highest BCUT2D eigenvalue weighted by Crippen LogP contribution is 2.49. The molecule has 4 atom stereocenters. The van der Waals surface area contributed by atoms with Gasteiger partial charge in [0.2, 0.25) is 5.95 Å². The number of likely N-dealkylation sites (tertiary alicyclic amines) is 1. The zero-order chi connectivity index (χ0) is 17.9. The number of aromatic nitrogens is 4. The lowest BCUT2D eigenvalue weighted by Gasteiger charge is -2.37. The third kappa shape index (κ3) is 2.12. The standard InChI is InChI=1S/C14H19N7O3S/c1-3-14-4-20(13(16)25-2)7(8(14)22)11(24-14)21-5-17-6-9(21)18-12(15)19-10(6)23/h5,7-8,11,16,22H,3-4H2,1-2H3,(H3,15,18,19,23)/t7-,8+,11-,14+/m1/s1. The summed E-state index contributed by atoms with van der Waals surface area (Å²) < 4.78 is 7.82. The number of rotatable bonds is 2. The lowest BCUT2D eigenvalue weighted by atomic mass is 9.96. The number of hydrogen-bond acceptors (Lipinski definition) is 8. The second kappa shape index (κ2) is 5.44. The summed E-state index contributed by atoms with van der Waals surface area (Å²) in [6, 6.07) is -0.459. The largest absolute Gasteiger partial charge is 0.388 e. The van der Waals surface area contributed by atoms with Gasteiger partial charge in [-0.2, -0.15) is 4.98 Å². The minimum atomic E-state index is -0.763. The predicted octanol–water partition coefficient (Wildman–Crippen LogP) is -0.278. The molecule has 0 amide bonds. The van der Waals surface area contributed by atoms with Crippen LogP contribution in [0.2, 0.25) is 0 Å². The van der Waals surface area contributed by atoms with Crippen molar-refractivity contribution >= 4 is 34.0 Å². The van der Waals surface area contributed by atoms with Crippen LogP contribution in [0.4, 0.5) is 5.95 Å². The van der Waals surface area contributed by atoms with Crippen LogP contribution in [-0.4, -0.2) is 65.2 Å². The molecule has 11 heteroatoms. The quantitative estimate of drug-likeness (QED) is 0.420. The molecule has 0 aromatic carbocycles. The van der Waals surface area contributed by atoms with Crippen LogP contribution in [0.3, 0.4) is 0 Å². The number of anilines is 1. The molecule has 2 aliphatic rings. The molecule has 10 nitrogen and oxygen atoms in total. The molecule has 2 fully saturated rings. The molecule has 4 rings (SSSR count). The number of amidine groups is 1. The Kier molecular flexibility index (Phi) is 3.56. The number of nitrogen functional groups attached to an aromatic ring is 1. The molecule has 0 saturated carbocycles. The first kappa shape index (κ1) is 16.4. The van der Waals surface area contributed by atoms with E-state index in [1.807, 2.05) is 18.1 Å². The summed E-state index contributed by atoms with van der Waals surface area (Å²) >= 11 is 1.31. The van der Waals surface area contributed by atoms with E-state index < -0.39 is 29.5 Å². The molecule has 0 unspecified atom stereocenters. The van der Waals surface area contributed by atoms with Crippen LogP contribution in [-0.2, 0) is 4.74 Å². The highest BCUT2D eigenvalue weighted by molar-refractivity contribution is 8.13. The second-order valence-corrected chi connectivity index (χ2v) is 7.07. The summed E-state index contributed by atoms with van der Waals surface area (Å²) in [5, 5.41) is 19.4. The fourth-order valence-electron chi connectivity index (χ4n) is 3.78. The molecule has 134 valence electrons. The molecule has 0 radical (unpaired) electrons. The summed E-state index contributed by atoms with van der Waals surface area (Å²) in [7, 11) is 0. The van der Waals surface area contributed by atoms with Crippen molar-refractivity contribution in [3.63, 3.8) is 0 Å². The number of fused-ring (bicyclic) bond motifs is 3. The smallest absolute Gasteiger partial charge is 0.280 e. The third-order valence-corrected chi connectivity index (χ3v) is 5.71. The van der Waals surface area contributed by atoms with Gasteiger partial charge in [0.1, 0.15) is 17.7 Å². The number of ether oxygens (including phenoxy) is 1. The van der Waals surface area contributed by atoms with Crippen molar-refractivity contribution in [2.45, 2.75) is 37.3 Å². The van der Waals surface area contributed by atoms with Crippen molar-refractivity contribution < 1.29 is 9.84 Å². The van der Waals surface area contributed by atoms with Crippen molar-refractivity contribution in [2.75, 3.05) is 18.5 Å². The van der Waals surface area contributed by atoms with Gasteiger partial charge in [0, 0.05) is 0 Å². The maximum atomic E-state index is 12.0. The van der Waals surface area contributed by atoms with E-state index in [0.717, 1.165) is 0 Å². The van der Waals surface area contributed by atoms with Crippen LogP contribution in [0.25, 0.3) is 11.2 Å². The molecular weight excluding hydrogens is 346 g/mol. The monoisotopic (exact) mass is 365 g/mol. The van der Waals surface area contributed by atoms with Crippen molar-refractivity contribution in [1.29, 1.82) is 5.41 Å². The van der Waals surface area contributed by atoms with Crippen LogP contribution in [0.15, 0.2) is 11.1 Å². The first-order valence-corrected chi connectivity index (χ1v) is 9.11. The van der Waals surface area contributed by atoms with Crippen LogP contribution < -0.4 is 11.3 Å². The van der Waals surface area contributed by atoms with E-state index in [2.05, 4.69) is 15.0 Å².